The van der Waals surface area contributed by atoms with Crippen molar-refractivity contribution in [3.05, 3.63) is 0 Å². The summed E-state index contributed by atoms with van der Waals surface area (Å²) in [5, 5.41) is 0. The second kappa shape index (κ2) is 4.43. The summed E-state index contributed by atoms with van der Waals surface area (Å²) in [7, 11) is 0. The second-order valence-electron chi connectivity index (χ2n) is 6.90. The Hall–Kier alpha value is -1.14. The lowest BCUT2D eigenvalue weighted by Crippen LogP contribution is -2.58. The van der Waals surface area contributed by atoms with Crippen LogP contribution in [0, 0.1) is 11.8 Å². The van der Waals surface area contributed by atoms with E-state index in [2.05, 4.69) is 13.8 Å². The molecule has 6 nitrogen and oxygen atoms in total. The molecule has 0 amide bonds. The molecule has 116 valence electrons. The van der Waals surface area contributed by atoms with Crippen molar-refractivity contribution >= 4 is 11.9 Å². The SMILES string of the molecule is C[C@H]1CC2(C[C@H](C)[C@@H]3OC(=O)C[C@@H]3O2)O[C@H]2CC(=O)O[C@H]21. The number of ether oxygens (including phenoxy) is 4. The molecule has 4 aliphatic heterocycles. The van der Waals surface area contributed by atoms with Crippen LogP contribution in [0.15, 0.2) is 0 Å². The van der Waals surface area contributed by atoms with Gasteiger partial charge in [0.1, 0.15) is 24.4 Å². The Labute approximate surface area is 123 Å². The molecule has 4 rings (SSSR count). The summed E-state index contributed by atoms with van der Waals surface area (Å²) in [6.45, 7) is 4.13. The quantitative estimate of drug-likeness (QED) is 0.625. The van der Waals surface area contributed by atoms with Gasteiger partial charge in [0.25, 0.3) is 0 Å². The van der Waals surface area contributed by atoms with E-state index < -0.39 is 5.79 Å². The Morgan fingerprint density at radius 1 is 0.857 bits per heavy atom. The van der Waals surface area contributed by atoms with Crippen LogP contribution in [0.4, 0.5) is 0 Å². The first-order valence-electron chi connectivity index (χ1n) is 7.70. The Kier molecular flexibility index (Phi) is 2.85. The van der Waals surface area contributed by atoms with Crippen molar-refractivity contribution in [2.24, 2.45) is 11.8 Å². The summed E-state index contributed by atoms with van der Waals surface area (Å²) in [6.07, 6.45) is 1.15. The van der Waals surface area contributed by atoms with Gasteiger partial charge in [-0.25, -0.2) is 0 Å². The first-order chi connectivity index (χ1) is 9.96. The predicted octanol–water partition coefficient (Wildman–Crippen LogP) is 1.16. The number of fused-ring (bicyclic) bond motifs is 2. The summed E-state index contributed by atoms with van der Waals surface area (Å²) in [4.78, 5) is 23.0. The van der Waals surface area contributed by atoms with E-state index in [0.29, 0.717) is 12.8 Å². The van der Waals surface area contributed by atoms with Crippen LogP contribution in [0.25, 0.3) is 0 Å². The third-order valence-corrected chi connectivity index (χ3v) is 5.12. The number of hydrogen-bond acceptors (Lipinski definition) is 6. The Morgan fingerprint density at radius 3 is 1.71 bits per heavy atom. The average molecular weight is 296 g/mol. The molecule has 0 N–H and O–H groups in total. The Bertz CT molecular complexity index is 445. The molecule has 21 heavy (non-hydrogen) atoms. The molecule has 0 aromatic heterocycles. The van der Waals surface area contributed by atoms with Gasteiger partial charge in [0.2, 0.25) is 0 Å². The van der Waals surface area contributed by atoms with Crippen molar-refractivity contribution in [1.82, 2.24) is 0 Å². The van der Waals surface area contributed by atoms with Gasteiger partial charge in [0.05, 0.1) is 12.8 Å². The molecule has 6 atom stereocenters. The van der Waals surface area contributed by atoms with Gasteiger partial charge in [-0.15, -0.1) is 0 Å². The highest BCUT2D eigenvalue weighted by Gasteiger charge is 2.58. The van der Waals surface area contributed by atoms with Crippen LogP contribution in [-0.2, 0) is 28.5 Å². The minimum Gasteiger partial charge on any atom is -0.459 e. The van der Waals surface area contributed by atoms with Crippen molar-refractivity contribution < 1.29 is 28.5 Å². The van der Waals surface area contributed by atoms with Gasteiger partial charge < -0.3 is 18.9 Å². The summed E-state index contributed by atoms with van der Waals surface area (Å²) >= 11 is 0. The van der Waals surface area contributed by atoms with E-state index in [9.17, 15) is 9.59 Å². The largest absolute Gasteiger partial charge is 0.459 e. The van der Waals surface area contributed by atoms with Gasteiger partial charge in [0.15, 0.2) is 5.79 Å². The maximum Gasteiger partial charge on any atom is 0.308 e. The lowest BCUT2D eigenvalue weighted by Gasteiger charge is -2.50. The molecule has 0 aromatic carbocycles. The highest BCUT2D eigenvalue weighted by molar-refractivity contribution is 5.73. The fourth-order valence-corrected chi connectivity index (χ4v) is 4.36. The van der Waals surface area contributed by atoms with E-state index in [-0.39, 0.29) is 61.0 Å². The third-order valence-electron chi connectivity index (χ3n) is 5.12. The van der Waals surface area contributed by atoms with Crippen molar-refractivity contribution in [1.29, 1.82) is 0 Å². The van der Waals surface area contributed by atoms with Crippen molar-refractivity contribution in [2.45, 2.75) is 69.7 Å². The van der Waals surface area contributed by atoms with Crippen molar-refractivity contribution in [2.75, 3.05) is 0 Å². The maximum atomic E-state index is 11.5. The third kappa shape index (κ3) is 2.07. The van der Waals surface area contributed by atoms with Gasteiger partial charge in [-0.3, -0.25) is 9.59 Å². The van der Waals surface area contributed by atoms with E-state index in [1.807, 2.05) is 0 Å². The fourth-order valence-electron chi connectivity index (χ4n) is 4.36. The number of carbonyl (C=O) groups is 2. The van der Waals surface area contributed by atoms with E-state index in [0.717, 1.165) is 0 Å². The molecule has 1 spiro atoms. The predicted molar refractivity (Wildman–Crippen MR) is 69.0 cm³/mol. The average Bonchev–Trinajstić information content (AvgIpc) is 2.91. The first kappa shape index (κ1) is 13.5. The summed E-state index contributed by atoms with van der Waals surface area (Å²) in [5.41, 5.74) is 0. The number of rotatable bonds is 0. The van der Waals surface area contributed by atoms with Gasteiger partial charge >= 0.3 is 11.9 Å². The van der Waals surface area contributed by atoms with Crippen LogP contribution < -0.4 is 0 Å². The zero-order valence-electron chi connectivity index (χ0n) is 12.2. The monoisotopic (exact) mass is 296 g/mol. The molecule has 4 fully saturated rings. The molecule has 0 aliphatic carbocycles. The molecule has 0 bridgehead atoms. The van der Waals surface area contributed by atoms with Crippen LogP contribution >= 0.6 is 0 Å². The highest BCUT2D eigenvalue weighted by atomic mass is 16.7. The molecule has 4 aliphatic rings. The molecule has 0 saturated carbocycles. The first-order valence-corrected chi connectivity index (χ1v) is 7.70. The van der Waals surface area contributed by atoms with E-state index in [1.165, 1.54) is 0 Å². The van der Waals surface area contributed by atoms with Crippen LogP contribution in [0.2, 0.25) is 0 Å². The molecular formula is C15H20O6. The Morgan fingerprint density at radius 2 is 1.29 bits per heavy atom. The fraction of sp³-hybridized carbons (Fsp3) is 0.867. The lowest BCUT2D eigenvalue weighted by molar-refractivity contribution is -0.345. The van der Waals surface area contributed by atoms with Crippen LogP contribution in [0.1, 0.15) is 39.5 Å². The van der Waals surface area contributed by atoms with Crippen molar-refractivity contribution in [3.8, 4) is 0 Å². The molecule has 0 radical (unpaired) electrons. The standard InChI is InChI=1S/C15H20O6/c1-7-5-15(20-9-3-11(16)18-13(7)9)6-8(2)14-10(21-15)4-12(17)19-14/h7-10,13-14H,3-6H2,1-2H3/t7-,8-,9-,10-,13-,14-,15?/m0/s1. The van der Waals surface area contributed by atoms with E-state index in [4.69, 9.17) is 18.9 Å². The molecule has 4 heterocycles. The highest BCUT2D eigenvalue weighted by Crippen LogP contribution is 2.48. The summed E-state index contributed by atoms with van der Waals surface area (Å²) in [6, 6.07) is 0. The van der Waals surface area contributed by atoms with Gasteiger partial charge in [0, 0.05) is 24.7 Å². The summed E-state index contributed by atoms with van der Waals surface area (Å²) in [5.74, 6) is -0.720. The summed E-state index contributed by atoms with van der Waals surface area (Å²) < 4.78 is 23.0. The van der Waals surface area contributed by atoms with Crippen LogP contribution in [0.3, 0.4) is 0 Å². The van der Waals surface area contributed by atoms with E-state index >= 15 is 0 Å². The normalized spacial score (nSPS) is 52.3. The molecule has 4 saturated heterocycles. The zero-order valence-corrected chi connectivity index (χ0v) is 12.2. The molecular weight excluding hydrogens is 276 g/mol. The molecule has 6 heteroatoms. The smallest absolute Gasteiger partial charge is 0.308 e. The van der Waals surface area contributed by atoms with Crippen LogP contribution in [-0.4, -0.2) is 42.1 Å². The molecule has 0 aromatic rings. The second-order valence-corrected chi connectivity index (χ2v) is 6.90. The van der Waals surface area contributed by atoms with Crippen molar-refractivity contribution in [3.63, 3.8) is 0 Å². The number of hydrogen-bond donors (Lipinski definition) is 0. The minimum absolute atomic E-state index is 0.166. The van der Waals surface area contributed by atoms with Gasteiger partial charge in [-0.2, -0.15) is 0 Å². The zero-order chi connectivity index (χ0) is 14.8. The maximum absolute atomic E-state index is 11.5. The molecule has 0 unspecified atom stereocenters. The van der Waals surface area contributed by atoms with E-state index in [1.54, 1.807) is 0 Å². The lowest BCUT2D eigenvalue weighted by atomic mass is 9.80. The van der Waals surface area contributed by atoms with Crippen LogP contribution in [0.5, 0.6) is 0 Å². The Balaban J connectivity index is 1.57. The number of esters is 2. The number of carbonyl (C=O) groups excluding carboxylic acids is 2. The van der Waals surface area contributed by atoms with Gasteiger partial charge in [-0.05, 0) is 0 Å². The topological polar surface area (TPSA) is 71.1 Å². The minimum atomic E-state index is -0.705. The van der Waals surface area contributed by atoms with Gasteiger partial charge in [-0.1, -0.05) is 13.8 Å².